The molecule has 2 rings (SSSR count). The van der Waals surface area contributed by atoms with Crippen LogP contribution in [0.5, 0.6) is 5.75 Å². The lowest BCUT2D eigenvalue weighted by Crippen LogP contribution is -2.25. The van der Waals surface area contributed by atoms with Gasteiger partial charge in [-0.05, 0) is 39.1 Å². The molecule has 19 heavy (non-hydrogen) atoms. The average molecular weight is 279 g/mol. The van der Waals surface area contributed by atoms with Gasteiger partial charge in [0, 0.05) is 29.6 Å². The van der Waals surface area contributed by atoms with Crippen LogP contribution in [-0.4, -0.2) is 30.1 Å². The van der Waals surface area contributed by atoms with Crippen molar-refractivity contribution in [2.24, 2.45) is 0 Å². The van der Waals surface area contributed by atoms with Crippen LogP contribution in [0, 0.1) is 0 Å². The predicted octanol–water partition coefficient (Wildman–Crippen LogP) is 3.74. The monoisotopic (exact) mass is 278 g/mol. The molecule has 0 N–H and O–H groups in total. The van der Waals surface area contributed by atoms with Crippen LogP contribution in [0.2, 0.25) is 5.15 Å². The van der Waals surface area contributed by atoms with Gasteiger partial charge in [-0.1, -0.05) is 11.6 Å². The molecule has 1 heterocycles. The van der Waals surface area contributed by atoms with Crippen LogP contribution < -0.4 is 4.74 Å². The zero-order valence-electron chi connectivity index (χ0n) is 11.8. The number of hydrogen-bond donors (Lipinski definition) is 0. The molecule has 0 unspecified atom stereocenters. The van der Waals surface area contributed by atoms with Crippen LogP contribution in [-0.2, 0) is 6.54 Å². The largest absolute Gasteiger partial charge is 0.497 e. The molecular weight excluding hydrogens is 260 g/mol. The fourth-order valence-electron chi connectivity index (χ4n) is 1.86. The number of pyridine rings is 1. The van der Waals surface area contributed by atoms with Gasteiger partial charge in [0.1, 0.15) is 10.9 Å². The summed E-state index contributed by atoms with van der Waals surface area (Å²) >= 11 is 6.27. The molecule has 3 nitrogen and oxygen atoms in total. The molecule has 4 heteroatoms. The van der Waals surface area contributed by atoms with E-state index in [4.69, 9.17) is 16.3 Å². The lowest BCUT2D eigenvalue weighted by atomic mass is 10.1. The standard InChI is InChI=1S/C15H19ClN2O/c1-10(2)18(3)9-12-7-11-5-6-13(19-4)8-14(11)17-15(12)16/h5-8,10H,9H2,1-4H3. The summed E-state index contributed by atoms with van der Waals surface area (Å²) in [5, 5.41) is 1.64. The second kappa shape index (κ2) is 5.76. The molecule has 1 aromatic heterocycles. The van der Waals surface area contributed by atoms with Gasteiger partial charge in [-0.15, -0.1) is 0 Å². The van der Waals surface area contributed by atoms with Gasteiger partial charge in [-0.25, -0.2) is 4.98 Å². The Kier molecular flexibility index (Phi) is 4.27. The normalized spacial score (nSPS) is 11.5. The third kappa shape index (κ3) is 3.17. The van der Waals surface area contributed by atoms with E-state index < -0.39 is 0 Å². The van der Waals surface area contributed by atoms with E-state index in [-0.39, 0.29) is 0 Å². The number of methoxy groups -OCH3 is 1. The maximum absolute atomic E-state index is 6.27. The molecular formula is C15H19ClN2O. The Labute approximate surface area is 119 Å². The lowest BCUT2D eigenvalue weighted by molar-refractivity contribution is 0.265. The van der Waals surface area contributed by atoms with Gasteiger partial charge in [0.05, 0.1) is 12.6 Å². The van der Waals surface area contributed by atoms with Crippen molar-refractivity contribution in [2.75, 3.05) is 14.2 Å². The Hall–Kier alpha value is -1.32. The molecule has 0 saturated heterocycles. The molecule has 1 aromatic carbocycles. The molecule has 0 amide bonds. The summed E-state index contributed by atoms with van der Waals surface area (Å²) in [6.45, 7) is 5.12. The number of benzene rings is 1. The highest BCUT2D eigenvalue weighted by Crippen LogP contribution is 2.25. The first-order valence-electron chi connectivity index (χ1n) is 6.34. The van der Waals surface area contributed by atoms with Crippen molar-refractivity contribution in [1.82, 2.24) is 9.88 Å². The quantitative estimate of drug-likeness (QED) is 0.797. The van der Waals surface area contributed by atoms with Crippen molar-refractivity contribution in [3.05, 3.63) is 35.0 Å². The SMILES string of the molecule is COc1ccc2cc(CN(C)C(C)C)c(Cl)nc2c1. The molecule has 0 aliphatic heterocycles. The Morgan fingerprint density at radius 2 is 2.05 bits per heavy atom. The number of fused-ring (bicyclic) bond motifs is 1. The molecule has 0 aliphatic carbocycles. The predicted molar refractivity (Wildman–Crippen MR) is 79.9 cm³/mol. The highest BCUT2D eigenvalue weighted by Gasteiger charge is 2.10. The summed E-state index contributed by atoms with van der Waals surface area (Å²) in [5.41, 5.74) is 1.91. The van der Waals surface area contributed by atoms with Gasteiger partial charge in [0.15, 0.2) is 0 Å². The van der Waals surface area contributed by atoms with Crippen molar-refractivity contribution >= 4 is 22.5 Å². The number of nitrogens with zero attached hydrogens (tertiary/aromatic N) is 2. The van der Waals surface area contributed by atoms with E-state index in [9.17, 15) is 0 Å². The minimum Gasteiger partial charge on any atom is -0.497 e. The first kappa shape index (κ1) is 14.1. The first-order valence-corrected chi connectivity index (χ1v) is 6.72. The van der Waals surface area contributed by atoms with Crippen molar-refractivity contribution in [2.45, 2.75) is 26.4 Å². The third-order valence-electron chi connectivity index (χ3n) is 3.35. The van der Waals surface area contributed by atoms with E-state index in [1.165, 1.54) is 0 Å². The molecule has 0 bridgehead atoms. The van der Waals surface area contributed by atoms with Crippen LogP contribution >= 0.6 is 11.6 Å². The maximum Gasteiger partial charge on any atom is 0.134 e. The number of aromatic nitrogens is 1. The van der Waals surface area contributed by atoms with E-state index in [2.05, 4.69) is 36.8 Å². The van der Waals surface area contributed by atoms with E-state index in [1.807, 2.05) is 18.2 Å². The molecule has 0 saturated carbocycles. The zero-order valence-corrected chi connectivity index (χ0v) is 12.5. The highest BCUT2D eigenvalue weighted by molar-refractivity contribution is 6.30. The van der Waals surface area contributed by atoms with Crippen LogP contribution in [0.4, 0.5) is 0 Å². The van der Waals surface area contributed by atoms with Crippen LogP contribution in [0.25, 0.3) is 10.9 Å². The summed E-state index contributed by atoms with van der Waals surface area (Å²) < 4.78 is 5.20. The van der Waals surface area contributed by atoms with Gasteiger partial charge < -0.3 is 4.74 Å². The van der Waals surface area contributed by atoms with Gasteiger partial charge in [0.25, 0.3) is 0 Å². The van der Waals surface area contributed by atoms with E-state index >= 15 is 0 Å². The summed E-state index contributed by atoms with van der Waals surface area (Å²) in [4.78, 5) is 6.69. The Bertz CT molecular complexity index is 584. The molecule has 0 aliphatic rings. The van der Waals surface area contributed by atoms with Crippen molar-refractivity contribution in [3.8, 4) is 5.75 Å². The van der Waals surface area contributed by atoms with E-state index in [0.29, 0.717) is 11.2 Å². The molecule has 0 atom stereocenters. The number of rotatable bonds is 4. The fourth-order valence-corrected chi connectivity index (χ4v) is 2.06. The smallest absolute Gasteiger partial charge is 0.134 e. The number of ether oxygens (including phenoxy) is 1. The average Bonchev–Trinajstić information content (AvgIpc) is 2.38. The summed E-state index contributed by atoms with van der Waals surface area (Å²) in [6, 6.07) is 8.42. The molecule has 0 radical (unpaired) electrons. The van der Waals surface area contributed by atoms with Gasteiger partial charge in [0.2, 0.25) is 0 Å². The number of halogens is 1. The highest BCUT2D eigenvalue weighted by atomic mass is 35.5. The topological polar surface area (TPSA) is 25.4 Å². The maximum atomic E-state index is 6.27. The summed E-state index contributed by atoms with van der Waals surface area (Å²) in [6.07, 6.45) is 0. The van der Waals surface area contributed by atoms with Crippen molar-refractivity contribution in [1.29, 1.82) is 0 Å². The Morgan fingerprint density at radius 3 is 2.68 bits per heavy atom. The minimum atomic E-state index is 0.475. The van der Waals surface area contributed by atoms with Crippen LogP contribution in [0.3, 0.4) is 0 Å². The first-order chi connectivity index (χ1) is 9.01. The lowest BCUT2D eigenvalue weighted by Gasteiger charge is -2.21. The minimum absolute atomic E-state index is 0.475. The molecule has 0 spiro atoms. The second-order valence-corrected chi connectivity index (χ2v) is 5.36. The second-order valence-electron chi connectivity index (χ2n) is 5.01. The molecule has 2 aromatic rings. The molecule has 0 fully saturated rings. The van der Waals surface area contributed by atoms with E-state index in [0.717, 1.165) is 28.8 Å². The number of hydrogen-bond acceptors (Lipinski definition) is 3. The zero-order chi connectivity index (χ0) is 14.0. The van der Waals surface area contributed by atoms with Crippen molar-refractivity contribution in [3.63, 3.8) is 0 Å². The Morgan fingerprint density at radius 1 is 1.32 bits per heavy atom. The summed E-state index contributed by atoms with van der Waals surface area (Å²) in [7, 11) is 3.73. The van der Waals surface area contributed by atoms with Crippen LogP contribution in [0.1, 0.15) is 19.4 Å². The van der Waals surface area contributed by atoms with Crippen LogP contribution in [0.15, 0.2) is 24.3 Å². The fraction of sp³-hybridized carbons (Fsp3) is 0.400. The van der Waals surface area contributed by atoms with Gasteiger partial charge in [-0.3, -0.25) is 4.90 Å². The Balaban J connectivity index is 2.39. The van der Waals surface area contributed by atoms with Crippen molar-refractivity contribution < 1.29 is 4.74 Å². The summed E-state index contributed by atoms with van der Waals surface area (Å²) in [5.74, 6) is 0.795. The van der Waals surface area contributed by atoms with E-state index in [1.54, 1.807) is 7.11 Å². The molecule has 102 valence electrons. The van der Waals surface area contributed by atoms with Gasteiger partial charge in [-0.2, -0.15) is 0 Å². The third-order valence-corrected chi connectivity index (χ3v) is 3.68. The van der Waals surface area contributed by atoms with Gasteiger partial charge >= 0.3 is 0 Å².